The van der Waals surface area contributed by atoms with E-state index in [1.165, 1.54) is 0 Å². The SMILES string of the molecule is CS.Nc1ccc(-c2ccc(COC=O)cc2)cc1. The molecule has 0 saturated heterocycles. The molecule has 0 radical (unpaired) electrons. The Balaban J connectivity index is 0.000000861. The van der Waals surface area contributed by atoms with Crippen LogP contribution in [0.2, 0.25) is 0 Å². The average Bonchev–Trinajstić information content (AvgIpc) is 2.49. The maximum atomic E-state index is 10.1. The summed E-state index contributed by atoms with van der Waals surface area (Å²) in [6.07, 6.45) is 1.69. The Morgan fingerprint density at radius 2 is 1.47 bits per heavy atom. The molecule has 0 bridgehead atoms. The van der Waals surface area contributed by atoms with Crippen LogP contribution in [-0.2, 0) is 16.1 Å². The van der Waals surface area contributed by atoms with E-state index >= 15 is 0 Å². The smallest absolute Gasteiger partial charge is 0.293 e. The fraction of sp³-hybridized carbons (Fsp3) is 0.133. The molecule has 0 amide bonds. The highest BCUT2D eigenvalue weighted by Crippen LogP contribution is 2.21. The number of carbonyl (C=O) groups excluding carboxylic acids is 1. The molecule has 0 aromatic heterocycles. The zero-order chi connectivity index (χ0) is 14.1. The summed E-state index contributed by atoms with van der Waals surface area (Å²) in [7, 11) is 0. The Morgan fingerprint density at radius 3 is 1.95 bits per heavy atom. The van der Waals surface area contributed by atoms with Crippen LogP contribution in [0.1, 0.15) is 5.56 Å². The van der Waals surface area contributed by atoms with Crippen molar-refractivity contribution < 1.29 is 9.53 Å². The van der Waals surface area contributed by atoms with Gasteiger partial charge in [-0.05, 0) is 35.1 Å². The van der Waals surface area contributed by atoms with E-state index < -0.39 is 0 Å². The molecule has 2 N–H and O–H groups in total. The van der Waals surface area contributed by atoms with Crippen LogP contribution in [0.5, 0.6) is 0 Å². The number of hydrogen-bond donors (Lipinski definition) is 2. The second-order valence-electron chi connectivity index (χ2n) is 3.73. The van der Waals surface area contributed by atoms with Crippen molar-refractivity contribution in [2.75, 3.05) is 12.0 Å². The van der Waals surface area contributed by atoms with Crippen molar-refractivity contribution in [3.05, 3.63) is 54.1 Å². The van der Waals surface area contributed by atoms with Gasteiger partial charge in [-0.15, -0.1) is 0 Å². The van der Waals surface area contributed by atoms with Crippen molar-refractivity contribution in [3.8, 4) is 11.1 Å². The Bertz CT molecular complexity index is 495. The molecule has 0 aliphatic rings. The molecule has 100 valence electrons. The standard InChI is InChI=1S/C14H13NO2.CH4S/c15-14-7-5-13(6-8-14)12-3-1-11(2-4-12)9-17-10-16;1-2/h1-8,10H,9,15H2;2H,1H3. The molecule has 2 aromatic rings. The van der Waals surface area contributed by atoms with Crippen LogP contribution in [0.4, 0.5) is 5.69 Å². The van der Waals surface area contributed by atoms with Gasteiger partial charge in [0.15, 0.2) is 0 Å². The Morgan fingerprint density at radius 1 is 1.00 bits per heavy atom. The van der Waals surface area contributed by atoms with Gasteiger partial charge in [0, 0.05) is 5.69 Å². The molecule has 0 aliphatic carbocycles. The second kappa shape index (κ2) is 8.21. The molecule has 0 atom stereocenters. The van der Waals surface area contributed by atoms with Gasteiger partial charge in [0.05, 0.1) is 0 Å². The van der Waals surface area contributed by atoms with Crippen molar-refractivity contribution in [1.29, 1.82) is 0 Å². The highest BCUT2D eigenvalue weighted by Gasteiger charge is 1.98. The molecule has 0 fully saturated rings. The maximum Gasteiger partial charge on any atom is 0.293 e. The maximum absolute atomic E-state index is 10.1. The molecule has 2 aromatic carbocycles. The van der Waals surface area contributed by atoms with Gasteiger partial charge in [0.1, 0.15) is 6.61 Å². The Hall–Kier alpha value is -1.94. The van der Waals surface area contributed by atoms with Gasteiger partial charge in [-0.25, -0.2) is 0 Å². The van der Waals surface area contributed by atoms with E-state index in [2.05, 4.69) is 17.4 Å². The minimum atomic E-state index is 0.311. The molecule has 0 saturated carbocycles. The molecule has 19 heavy (non-hydrogen) atoms. The summed E-state index contributed by atoms with van der Waals surface area (Å²) < 4.78 is 4.68. The van der Waals surface area contributed by atoms with E-state index in [4.69, 9.17) is 5.73 Å². The van der Waals surface area contributed by atoms with Crippen molar-refractivity contribution in [1.82, 2.24) is 0 Å². The Kier molecular flexibility index (Phi) is 6.53. The van der Waals surface area contributed by atoms with Crippen LogP contribution < -0.4 is 5.73 Å². The van der Waals surface area contributed by atoms with Crippen LogP contribution in [-0.4, -0.2) is 12.7 Å². The minimum absolute atomic E-state index is 0.311. The molecular formula is C15H17NO2S. The second-order valence-corrected chi connectivity index (χ2v) is 3.73. The van der Waals surface area contributed by atoms with Gasteiger partial charge in [0.2, 0.25) is 0 Å². The third-order valence-corrected chi connectivity index (χ3v) is 2.52. The third kappa shape index (κ3) is 4.67. The zero-order valence-corrected chi connectivity index (χ0v) is 11.6. The average molecular weight is 275 g/mol. The number of thiol groups is 1. The summed E-state index contributed by atoms with van der Waals surface area (Å²) in [5, 5.41) is 0. The lowest BCUT2D eigenvalue weighted by Crippen LogP contribution is -1.90. The van der Waals surface area contributed by atoms with Crippen LogP contribution in [0.15, 0.2) is 48.5 Å². The molecule has 0 heterocycles. The predicted molar refractivity (Wildman–Crippen MR) is 82.1 cm³/mol. The van der Waals surface area contributed by atoms with Crippen LogP contribution >= 0.6 is 12.6 Å². The number of carbonyl (C=O) groups is 1. The Labute approximate surface area is 118 Å². The van der Waals surface area contributed by atoms with E-state index in [1.807, 2.05) is 48.5 Å². The summed E-state index contributed by atoms with van der Waals surface area (Å²) in [4.78, 5) is 10.1. The number of nitrogen functional groups attached to an aromatic ring is 1. The molecule has 4 heteroatoms. The number of anilines is 1. The first-order valence-electron chi connectivity index (χ1n) is 5.74. The van der Waals surface area contributed by atoms with Gasteiger partial charge in [-0.1, -0.05) is 36.4 Å². The van der Waals surface area contributed by atoms with Gasteiger partial charge in [-0.3, -0.25) is 4.79 Å². The normalized spacial score (nSPS) is 9.16. The van der Waals surface area contributed by atoms with Gasteiger partial charge in [-0.2, -0.15) is 12.6 Å². The lowest BCUT2D eigenvalue weighted by molar-refractivity contribution is -0.129. The fourth-order valence-corrected chi connectivity index (χ4v) is 1.60. The number of ether oxygens (including phenoxy) is 1. The van der Waals surface area contributed by atoms with Crippen LogP contribution in [0.3, 0.4) is 0 Å². The minimum Gasteiger partial charge on any atom is -0.463 e. The van der Waals surface area contributed by atoms with Crippen LogP contribution in [0.25, 0.3) is 11.1 Å². The van der Waals surface area contributed by atoms with Crippen molar-refractivity contribution >= 4 is 24.8 Å². The first-order valence-corrected chi connectivity index (χ1v) is 6.64. The summed E-state index contributed by atoms with van der Waals surface area (Å²) in [6, 6.07) is 15.6. The van der Waals surface area contributed by atoms with Crippen LogP contribution in [0, 0.1) is 0 Å². The van der Waals surface area contributed by atoms with E-state index in [9.17, 15) is 4.79 Å². The molecule has 0 aliphatic heterocycles. The van der Waals surface area contributed by atoms with E-state index in [1.54, 1.807) is 6.26 Å². The fourth-order valence-electron chi connectivity index (χ4n) is 1.60. The summed E-state index contributed by atoms with van der Waals surface area (Å²) in [5.41, 5.74) is 9.58. The highest BCUT2D eigenvalue weighted by molar-refractivity contribution is 7.79. The summed E-state index contributed by atoms with van der Waals surface area (Å²) >= 11 is 3.53. The zero-order valence-electron chi connectivity index (χ0n) is 10.7. The van der Waals surface area contributed by atoms with E-state index in [0.29, 0.717) is 13.1 Å². The van der Waals surface area contributed by atoms with Gasteiger partial charge in [0.25, 0.3) is 6.47 Å². The predicted octanol–water partition coefficient (Wildman–Crippen LogP) is 3.15. The first-order chi connectivity index (χ1) is 9.29. The van der Waals surface area contributed by atoms with Gasteiger partial charge < -0.3 is 10.5 Å². The summed E-state index contributed by atoms with van der Waals surface area (Å²) in [6.45, 7) is 0.763. The molecule has 0 unspecified atom stereocenters. The highest BCUT2D eigenvalue weighted by atomic mass is 32.1. The van der Waals surface area contributed by atoms with E-state index in [0.717, 1.165) is 22.4 Å². The number of nitrogens with two attached hydrogens (primary N) is 1. The van der Waals surface area contributed by atoms with Gasteiger partial charge >= 0.3 is 0 Å². The van der Waals surface area contributed by atoms with Crippen molar-refractivity contribution in [2.24, 2.45) is 0 Å². The number of rotatable bonds is 4. The van der Waals surface area contributed by atoms with Crippen molar-refractivity contribution in [3.63, 3.8) is 0 Å². The van der Waals surface area contributed by atoms with E-state index in [-0.39, 0.29) is 0 Å². The van der Waals surface area contributed by atoms with Crippen molar-refractivity contribution in [2.45, 2.75) is 6.61 Å². The first kappa shape index (κ1) is 15.1. The largest absolute Gasteiger partial charge is 0.463 e. The summed E-state index contributed by atoms with van der Waals surface area (Å²) in [5.74, 6) is 0. The lowest BCUT2D eigenvalue weighted by atomic mass is 10.0. The monoisotopic (exact) mass is 275 g/mol. The molecular weight excluding hydrogens is 258 g/mol. The number of hydrogen-bond acceptors (Lipinski definition) is 4. The molecule has 2 rings (SSSR count). The third-order valence-electron chi connectivity index (χ3n) is 2.52. The number of benzene rings is 2. The molecule has 0 spiro atoms. The quantitative estimate of drug-likeness (QED) is 0.512. The molecule has 3 nitrogen and oxygen atoms in total. The lowest BCUT2D eigenvalue weighted by Gasteiger charge is -2.04. The topological polar surface area (TPSA) is 52.3 Å².